The summed E-state index contributed by atoms with van der Waals surface area (Å²) in [5, 5.41) is 3.36. The number of nitrogens with zero attached hydrogens (tertiary/aromatic N) is 1. The predicted molar refractivity (Wildman–Crippen MR) is 118 cm³/mol. The standard InChI is InChI=1S/C26H28N2O2/c1-19-5-9-21(10-6-19)24(22-4-3-15-27-18-22)28-25(29)26(13-16-30-17-14-26)23-11-7-20(2)8-12-23/h3-12,15,18,24H,13-14,16-17H2,1-2H3,(H,28,29)/t24-/m0/s1. The van der Waals surface area contributed by atoms with E-state index in [-0.39, 0.29) is 11.9 Å². The van der Waals surface area contributed by atoms with E-state index in [1.165, 1.54) is 11.1 Å². The zero-order valence-electron chi connectivity index (χ0n) is 17.6. The van der Waals surface area contributed by atoms with Crippen molar-refractivity contribution in [3.63, 3.8) is 0 Å². The number of pyridine rings is 1. The van der Waals surface area contributed by atoms with E-state index < -0.39 is 5.41 Å². The Bertz CT molecular complexity index is 976. The van der Waals surface area contributed by atoms with Crippen molar-refractivity contribution >= 4 is 5.91 Å². The first kappa shape index (κ1) is 20.3. The molecular formula is C26H28N2O2. The fourth-order valence-corrected chi connectivity index (χ4v) is 4.17. The highest BCUT2D eigenvalue weighted by Gasteiger charge is 2.42. The van der Waals surface area contributed by atoms with Crippen LogP contribution in [0.15, 0.2) is 73.1 Å². The van der Waals surface area contributed by atoms with Gasteiger partial charge in [0.1, 0.15) is 0 Å². The number of hydrogen-bond donors (Lipinski definition) is 1. The highest BCUT2D eigenvalue weighted by atomic mass is 16.5. The average Bonchev–Trinajstić information content (AvgIpc) is 2.79. The second-order valence-corrected chi connectivity index (χ2v) is 8.16. The minimum atomic E-state index is -0.586. The Balaban J connectivity index is 1.71. The summed E-state index contributed by atoms with van der Waals surface area (Å²) < 4.78 is 5.62. The lowest BCUT2D eigenvalue weighted by molar-refractivity contribution is -0.131. The van der Waals surface area contributed by atoms with Gasteiger partial charge < -0.3 is 10.1 Å². The second-order valence-electron chi connectivity index (χ2n) is 8.16. The van der Waals surface area contributed by atoms with Gasteiger partial charge in [-0.15, -0.1) is 0 Å². The summed E-state index contributed by atoms with van der Waals surface area (Å²) in [6, 6.07) is 20.3. The zero-order chi connectivity index (χ0) is 21.0. The molecule has 0 saturated carbocycles. The van der Waals surface area contributed by atoms with Crippen molar-refractivity contribution in [2.75, 3.05) is 13.2 Å². The van der Waals surface area contributed by atoms with Crippen LogP contribution < -0.4 is 5.32 Å². The SMILES string of the molecule is Cc1ccc([C@H](NC(=O)C2(c3ccc(C)cc3)CCOCC2)c2cccnc2)cc1. The molecule has 2 heterocycles. The van der Waals surface area contributed by atoms with Gasteiger partial charge in [-0.05, 0) is 49.4 Å². The van der Waals surface area contributed by atoms with Crippen molar-refractivity contribution in [3.05, 3.63) is 101 Å². The summed E-state index contributed by atoms with van der Waals surface area (Å²) in [7, 11) is 0. The topological polar surface area (TPSA) is 51.2 Å². The highest BCUT2D eigenvalue weighted by Crippen LogP contribution is 2.36. The number of ether oxygens (including phenoxy) is 1. The number of carbonyl (C=O) groups is 1. The lowest BCUT2D eigenvalue weighted by Gasteiger charge is -2.37. The molecule has 0 unspecified atom stereocenters. The van der Waals surface area contributed by atoms with Crippen LogP contribution in [0, 0.1) is 13.8 Å². The number of nitrogens with one attached hydrogen (secondary N) is 1. The third-order valence-corrected chi connectivity index (χ3v) is 6.09. The second kappa shape index (κ2) is 8.80. The summed E-state index contributed by atoms with van der Waals surface area (Å²) in [6.07, 6.45) is 4.93. The van der Waals surface area contributed by atoms with Crippen LogP contribution in [0.25, 0.3) is 0 Å². The Kier molecular flexibility index (Phi) is 5.96. The molecule has 0 bridgehead atoms. The summed E-state index contributed by atoms with van der Waals surface area (Å²) in [6.45, 7) is 5.30. The van der Waals surface area contributed by atoms with Gasteiger partial charge in [0, 0.05) is 25.6 Å². The fourth-order valence-electron chi connectivity index (χ4n) is 4.17. The van der Waals surface area contributed by atoms with E-state index in [0.29, 0.717) is 26.1 Å². The molecule has 1 aliphatic heterocycles. The maximum absolute atomic E-state index is 13.8. The van der Waals surface area contributed by atoms with E-state index in [2.05, 4.69) is 72.7 Å². The Morgan fingerprint density at radius 3 is 2.17 bits per heavy atom. The van der Waals surface area contributed by atoms with Crippen LogP contribution >= 0.6 is 0 Å². The molecule has 4 nitrogen and oxygen atoms in total. The predicted octanol–water partition coefficient (Wildman–Crippen LogP) is 4.65. The molecule has 4 rings (SSSR count). The van der Waals surface area contributed by atoms with Gasteiger partial charge in [-0.1, -0.05) is 65.7 Å². The molecule has 154 valence electrons. The minimum absolute atomic E-state index is 0.0454. The average molecular weight is 401 g/mol. The van der Waals surface area contributed by atoms with E-state index in [1.807, 2.05) is 18.3 Å². The van der Waals surface area contributed by atoms with Crippen LogP contribution in [-0.2, 0) is 14.9 Å². The van der Waals surface area contributed by atoms with Crippen LogP contribution in [-0.4, -0.2) is 24.1 Å². The Labute approximate surface area is 178 Å². The van der Waals surface area contributed by atoms with Gasteiger partial charge >= 0.3 is 0 Å². The summed E-state index contributed by atoms with van der Waals surface area (Å²) in [5.41, 5.74) is 4.87. The van der Waals surface area contributed by atoms with Crippen molar-refractivity contribution in [2.24, 2.45) is 0 Å². The van der Waals surface area contributed by atoms with Crippen molar-refractivity contribution in [2.45, 2.75) is 38.1 Å². The zero-order valence-corrected chi connectivity index (χ0v) is 17.6. The molecule has 1 N–H and O–H groups in total. The minimum Gasteiger partial charge on any atom is -0.381 e. The van der Waals surface area contributed by atoms with Crippen LogP contribution in [0.4, 0.5) is 0 Å². The Hall–Kier alpha value is -2.98. The highest BCUT2D eigenvalue weighted by molar-refractivity contribution is 5.89. The first-order valence-electron chi connectivity index (χ1n) is 10.5. The number of aryl methyl sites for hydroxylation is 2. The molecule has 0 aliphatic carbocycles. The first-order chi connectivity index (χ1) is 14.6. The molecule has 3 aromatic rings. The Morgan fingerprint density at radius 2 is 1.57 bits per heavy atom. The number of rotatable bonds is 5. The molecule has 0 spiro atoms. The van der Waals surface area contributed by atoms with Crippen LogP contribution in [0.5, 0.6) is 0 Å². The molecule has 2 aromatic carbocycles. The van der Waals surface area contributed by atoms with Gasteiger partial charge in [-0.25, -0.2) is 0 Å². The number of carbonyl (C=O) groups excluding carboxylic acids is 1. The van der Waals surface area contributed by atoms with E-state index >= 15 is 0 Å². The smallest absolute Gasteiger partial charge is 0.231 e. The molecule has 1 aliphatic rings. The van der Waals surface area contributed by atoms with E-state index in [9.17, 15) is 4.79 Å². The van der Waals surface area contributed by atoms with E-state index in [4.69, 9.17) is 4.74 Å². The molecule has 1 amide bonds. The molecule has 30 heavy (non-hydrogen) atoms. The quantitative estimate of drug-likeness (QED) is 0.678. The number of aromatic nitrogens is 1. The summed E-state index contributed by atoms with van der Waals surface area (Å²) in [4.78, 5) is 18.1. The number of hydrogen-bond acceptors (Lipinski definition) is 3. The van der Waals surface area contributed by atoms with Crippen molar-refractivity contribution < 1.29 is 9.53 Å². The molecule has 0 radical (unpaired) electrons. The van der Waals surface area contributed by atoms with Gasteiger partial charge in [-0.2, -0.15) is 0 Å². The lowest BCUT2D eigenvalue weighted by Crippen LogP contribution is -2.49. The monoisotopic (exact) mass is 400 g/mol. The van der Waals surface area contributed by atoms with Crippen molar-refractivity contribution in [1.82, 2.24) is 10.3 Å². The largest absolute Gasteiger partial charge is 0.381 e. The molecule has 4 heteroatoms. The summed E-state index contributed by atoms with van der Waals surface area (Å²) in [5.74, 6) is 0.0454. The van der Waals surface area contributed by atoms with Gasteiger partial charge in [-0.3, -0.25) is 9.78 Å². The van der Waals surface area contributed by atoms with E-state index in [0.717, 1.165) is 16.7 Å². The third-order valence-electron chi connectivity index (χ3n) is 6.09. The Morgan fingerprint density at radius 1 is 0.933 bits per heavy atom. The summed E-state index contributed by atoms with van der Waals surface area (Å²) >= 11 is 0. The lowest BCUT2D eigenvalue weighted by atomic mass is 9.73. The van der Waals surface area contributed by atoms with Gasteiger partial charge in [0.2, 0.25) is 5.91 Å². The third kappa shape index (κ3) is 4.14. The molecule has 1 aromatic heterocycles. The van der Waals surface area contributed by atoms with Crippen LogP contribution in [0.2, 0.25) is 0 Å². The molecule has 1 saturated heterocycles. The first-order valence-corrected chi connectivity index (χ1v) is 10.5. The van der Waals surface area contributed by atoms with E-state index in [1.54, 1.807) is 6.20 Å². The maximum atomic E-state index is 13.8. The van der Waals surface area contributed by atoms with Gasteiger partial charge in [0.15, 0.2) is 0 Å². The van der Waals surface area contributed by atoms with Gasteiger partial charge in [0.25, 0.3) is 0 Å². The van der Waals surface area contributed by atoms with Gasteiger partial charge in [0.05, 0.1) is 11.5 Å². The van der Waals surface area contributed by atoms with Crippen molar-refractivity contribution in [1.29, 1.82) is 0 Å². The molecular weight excluding hydrogens is 372 g/mol. The molecule has 1 fully saturated rings. The molecule has 1 atom stereocenters. The maximum Gasteiger partial charge on any atom is 0.231 e. The van der Waals surface area contributed by atoms with Crippen LogP contribution in [0.3, 0.4) is 0 Å². The fraction of sp³-hybridized carbons (Fsp3) is 0.308. The number of amides is 1. The van der Waals surface area contributed by atoms with Crippen LogP contribution in [0.1, 0.15) is 46.7 Å². The van der Waals surface area contributed by atoms with Crippen molar-refractivity contribution in [3.8, 4) is 0 Å². The normalized spacial score (nSPS) is 16.6. The number of benzene rings is 2.